The monoisotopic (exact) mass is 319 g/mol. The summed E-state index contributed by atoms with van der Waals surface area (Å²) in [6, 6.07) is 7.81. The molecule has 2 rings (SSSR count). The average molecular weight is 319 g/mol. The number of hydrogen-bond acceptors (Lipinski definition) is 3. The van der Waals surface area contributed by atoms with Gasteiger partial charge in [-0.2, -0.15) is 0 Å². The zero-order valence-electron chi connectivity index (χ0n) is 14.0. The third-order valence-electron chi connectivity index (χ3n) is 4.32. The van der Waals surface area contributed by atoms with Crippen molar-refractivity contribution in [3.05, 3.63) is 29.8 Å². The summed E-state index contributed by atoms with van der Waals surface area (Å²) < 4.78 is 0. The number of rotatable bonds is 4. The first kappa shape index (κ1) is 17.1. The predicted octanol–water partition coefficient (Wildman–Crippen LogP) is 2.32. The molecule has 0 aromatic heterocycles. The topological polar surface area (TPSA) is 72.9 Å². The summed E-state index contributed by atoms with van der Waals surface area (Å²) in [5.74, 6) is -1.48. The van der Waals surface area contributed by atoms with E-state index in [0.717, 1.165) is 30.6 Å². The SMILES string of the molecule is CC(CN(C)C(=O)NC1CCCN(C)c2ccccc21)C(=O)O. The third-order valence-corrected chi connectivity index (χ3v) is 4.32. The van der Waals surface area contributed by atoms with Gasteiger partial charge in [0.05, 0.1) is 12.0 Å². The van der Waals surface area contributed by atoms with Gasteiger partial charge in [0.15, 0.2) is 0 Å². The largest absolute Gasteiger partial charge is 0.481 e. The molecule has 0 fully saturated rings. The standard InChI is InChI=1S/C17H25N3O3/c1-12(16(21)22)11-20(3)17(23)18-14-8-6-10-19(2)15-9-5-4-7-13(14)15/h4-5,7,9,12,14H,6,8,10-11H2,1-3H3,(H,18,23)(H,21,22). The number of carbonyl (C=O) groups excluding carboxylic acids is 1. The number of hydrogen-bond donors (Lipinski definition) is 2. The van der Waals surface area contributed by atoms with E-state index in [1.54, 1.807) is 14.0 Å². The maximum atomic E-state index is 12.4. The molecule has 6 heteroatoms. The van der Waals surface area contributed by atoms with Gasteiger partial charge in [0, 0.05) is 32.9 Å². The Morgan fingerprint density at radius 3 is 2.83 bits per heavy atom. The van der Waals surface area contributed by atoms with Gasteiger partial charge in [0.25, 0.3) is 0 Å². The molecule has 1 aliphatic rings. The van der Waals surface area contributed by atoms with Crippen LogP contribution in [0.3, 0.4) is 0 Å². The molecule has 2 amide bonds. The van der Waals surface area contributed by atoms with Crippen LogP contribution in [0.1, 0.15) is 31.4 Å². The Hall–Kier alpha value is -2.24. The molecule has 6 nitrogen and oxygen atoms in total. The van der Waals surface area contributed by atoms with E-state index in [2.05, 4.69) is 23.3 Å². The highest BCUT2D eigenvalue weighted by Gasteiger charge is 2.24. The van der Waals surface area contributed by atoms with E-state index < -0.39 is 11.9 Å². The van der Waals surface area contributed by atoms with Crippen LogP contribution in [0.15, 0.2) is 24.3 Å². The first-order chi connectivity index (χ1) is 10.9. The molecule has 2 N–H and O–H groups in total. The van der Waals surface area contributed by atoms with Crippen molar-refractivity contribution in [1.29, 1.82) is 0 Å². The molecular weight excluding hydrogens is 294 g/mol. The fourth-order valence-corrected chi connectivity index (χ4v) is 2.92. The molecule has 0 bridgehead atoms. The molecule has 0 saturated heterocycles. The van der Waals surface area contributed by atoms with Crippen LogP contribution >= 0.6 is 0 Å². The lowest BCUT2D eigenvalue weighted by atomic mass is 10.0. The number of fused-ring (bicyclic) bond motifs is 1. The molecule has 1 aromatic carbocycles. The highest BCUT2D eigenvalue weighted by atomic mass is 16.4. The van der Waals surface area contributed by atoms with Crippen molar-refractivity contribution in [2.45, 2.75) is 25.8 Å². The highest BCUT2D eigenvalue weighted by Crippen LogP contribution is 2.31. The van der Waals surface area contributed by atoms with Gasteiger partial charge in [-0.1, -0.05) is 25.1 Å². The molecule has 1 aliphatic heterocycles. The zero-order valence-corrected chi connectivity index (χ0v) is 14.0. The predicted molar refractivity (Wildman–Crippen MR) is 89.6 cm³/mol. The lowest BCUT2D eigenvalue weighted by Gasteiger charge is -2.25. The molecule has 126 valence electrons. The van der Waals surface area contributed by atoms with Gasteiger partial charge in [-0.3, -0.25) is 4.79 Å². The van der Waals surface area contributed by atoms with Crippen molar-refractivity contribution in [2.24, 2.45) is 5.92 Å². The molecule has 0 saturated carbocycles. The third kappa shape index (κ3) is 4.15. The fraction of sp³-hybridized carbons (Fsp3) is 0.529. The Morgan fingerprint density at radius 1 is 1.43 bits per heavy atom. The van der Waals surface area contributed by atoms with E-state index in [-0.39, 0.29) is 18.6 Å². The van der Waals surface area contributed by atoms with Crippen molar-refractivity contribution in [1.82, 2.24) is 10.2 Å². The molecule has 2 unspecified atom stereocenters. The van der Waals surface area contributed by atoms with E-state index in [9.17, 15) is 9.59 Å². The number of urea groups is 1. The number of carboxylic acid groups (broad SMARTS) is 1. The van der Waals surface area contributed by atoms with Crippen molar-refractivity contribution >= 4 is 17.7 Å². The second kappa shape index (κ2) is 7.35. The van der Waals surface area contributed by atoms with Crippen LogP contribution in [0.2, 0.25) is 0 Å². The number of carbonyl (C=O) groups is 2. The summed E-state index contributed by atoms with van der Waals surface area (Å²) in [4.78, 5) is 27.0. The first-order valence-electron chi connectivity index (χ1n) is 7.94. The summed E-state index contributed by atoms with van der Waals surface area (Å²) in [5, 5.41) is 12.0. The summed E-state index contributed by atoms with van der Waals surface area (Å²) in [6.07, 6.45) is 1.86. The molecule has 1 heterocycles. The Labute approximate surface area is 137 Å². The van der Waals surface area contributed by atoms with Crippen LogP contribution in [0.4, 0.5) is 10.5 Å². The number of nitrogens with one attached hydrogen (secondary N) is 1. The molecule has 0 spiro atoms. The minimum Gasteiger partial charge on any atom is -0.481 e. The Morgan fingerprint density at radius 2 is 2.13 bits per heavy atom. The summed E-state index contributed by atoms with van der Waals surface area (Å²) in [5.41, 5.74) is 2.25. The smallest absolute Gasteiger partial charge is 0.317 e. The van der Waals surface area contributed by atoms with E-state index >= 15 is 0 Å². The number of anilines is 1. The van der Waals surface area contributed by atoms with E-state index in [0.29, 0.717) is 0 Å². The van der Waals surface area contributed by atoms with E-state index in [1.165, 1.54) is 4.90 Å². The maximum absolute atomic E-state index is 12.4. The first-order valence-corrected chi connectivity index (χ1v) is 7.94. The minimum atomic E-state index is -0.897. The number of aliphatic carboxylic acids is 1. The van der Waals surface area contributed by atoms with Crippen molar-refractivity contribution in [2.75, 3.05) is 32.1 Å². The summed E-state index contributed by atoms with van der Waals surface area (Å²) >= 11 is 0. The van der Waals surface area contributed by atoms with Gasteiger partial charge in [-0.05, 0) is 24.5 Å². The van der Waals surface area contributed by atoms with E-state index in [4.69, 9.17) is 5.11 Å². The molecule has 0 radical (unpaired) electrons. The van der Waals surface area contributed by atoms with Crippen LogP contribution in [0.5, 0.6) is 0 Å². The lowest BCUT2D eigenvalue weighted by molar-refractivity contribution is -0.141. The molecule has 23 heavy (non-hydrogen) atoms. The van der Waals surface area contributed by atoms with Crippen molar-refractivity contribution in [3.63, 3.8) is 0 Å². The molecule has 1 aromatic rings. The van der Waals surface area contributed by atoms with Crippen LogP contribution in [0.25, 0.3) is 0 Å². The lowest BCUT2D eigenvalue weighted by Crippen LogP contribution is -2.42. The zero-order chi connectivity index (χ0) is 17.0. The van der Waals surface area contributed by atoms with Crippen LogP contribution in [-0.4, -0.2) is 49.2 Å². The number of carboxylic acids is 1. The second-order valence-corrected chi connectivity index (χ2v) is 6.24. The Balaban J connectivity index is 2.08. The number of nitrogens with zero attached hydrogens (tertiary/aromatic N) is 2. The van der Waals surface area contributed by atoms with Gasteiger partial charge in [0.2, 0.25) is 0 Å². The van der Waals surface area contributed by atoms with Gasteiger partial charge in [0.1, 0.15) is 0 Å². The Kier molecular flexibility index (Phi) is 5.47. The van der Waals surface area contributed by atoms with Crippen LogP contribution in [0, 0.1) is 5.92 Å². The Bertz CT molecular complexity index is 576. The summed E-state index contributed by atoms with van der Waals surface area (Å²) in [7, 11) is 3.69. The molecule has 2 atom stereocenters. The van der Waals surface area contributed by atoms with Gasteiger partial charge >= 0.3 is 12.0 Å². The maximum Gasteiger partial charge on any atom is 0.317 e. The second-order valence-electron chi connectivity index (χ2n) is 6.24. The van der Waals surface area contributed by atoms with Gasteiger partial charge < -0.3 is 20.2 Å². The number of benzene rings is 1. The van der Waals surface area contributed by atoms with Gasteiger partial charge in [-0.25, -0.2) is 4.79 Å². The van der Waals surface area contributed by atoms with Crippen molar-refractivity contribution in [3.8, 4) is 0 Å². The quantitative estimate of drug-likeness (QED) is 0.893. The van der Waals surface area contributed by atoms with Crippen LogP contribution in [-0.2, 0) is 4.79 Å². The molecule has 0 aliphatic carbocycles. The highest BCUT2D eigenvalue weighted by molar-refractivity contribution is 5.76. The van der Waals surface area contributed by atoms with Gasteiger partial charge in [-0.15, -0.1) is 0 Å². The van der Waals surface area contributed by atoms with Crippen LogP contribution < -0.4 is 10.2 Å². The van der Waals surface area contributed by atoms with Crippen molar-refractivity contribution < 1.29 is 14.7 Å². The van der Waals surface area contributed by atoms with E-state index in [1.807, 2.05) is 18.2 Å². The number of para-hydroxylation sites is 1. The fourth-order valence-electron chi connectivity index (χ4n) is 2.92. The number of amides is 2. The normalized spacial score (nSPS) is 18.6. The minimum absolute atomic E-state index is 0.0498. The summed E-state index contributed by atoms with van der Waals surface area (Å²) in [6.45, 7) is 2.74. The average Bonchev–Trinajstić information content (AvgIpc) is 2.67. The molecular formula is C17H25N3O3.